The van der Waals surface area contributed by atoms with Gasteiger partial charge in [-0.05, 0) is 49.1 Å². The molecule has 114 valence electrons. The number of carbonyl (C=O) groups excluding carboxylic acids is 1. The molecule has 4 nitrogen and oxygen atoms in total. The van der Waals surface area contributed by atoms with Crippen LogP contribution in [0.1, 0.15) is 31.7 Å². The first-order chi connectivity index (χ1) is 9.84. The zero-order valence-electron chi connectivity index (χ0n) is 11.7. The molecule has 1 saturated heterocycles. The summed E-state index contributed by atoms with van der Waals surface area (Å²) >= 11 is 11.7. The summed E-state index contributed by atoms with van der Waals surface area (Å²) in [6.07, 6.45) is 0.368. The summed E-state index contributed by atoms with van der Waals surface area (Å²) in [4.78, 5) is 24.1. The molecule has 0 aromatic heterocycles. The molecule has 0 radical (unpaired) electrons. The maximum atomic E-state index is 11.5. The van der Waals surface area contributed by atoms with E-state index in [9.17, 15) is 14.7 Å². The van der Waals surface area contributed by atoms with Crippen LogP contribution in [0.25, 0.3) is 0 Å². The van der Waals surface area contributed by atoms with E-state index in [2.05, 4.69) is 0 Å². The van der Waals surface area contributed by atoms with Crippen molar-refractivity contribution in [2.45, 2.75) is 37.6 Å². The van der Waals surface area contributed by atoms with E-state index in [0.717, 1.165) is 5.56 Å². The van der Waals surface area contributed by atoms with Gasteiger partial charge < -0.3 is 10.0 Å². The van der Waals surface area contributed by atoms with Gasteiger partial charge in [0.15, 0.2) is 0 Å². The summed E-state index contributed by atoms with van der Waals surface area (Å²) < 4.78 is 0. The van der Waals surface area contributed by atoms with E-state index in [1.54, 1.807) is 6.07 Å². The van der Waals surface area contributed by atoms with E-state index in [1.165, 1.54) is 4.90 Å². The summed E-state index contributed by atoms with van der Waals surface area (Å²) in [5.41, 5.74) is 0.496. The van der Waals surface area contributed by atoms with Crippen molar-refractivity contribution in [3.63, 3.8) is 0 Å². The van der Waals surface area contributed by atoms with Crippen LogP contribution in [0.3, 0.4) is 0 Å². The summed E-state index contributed by atoms with van der Waals surface area (Å²) in [7, 11) is 0. The zero-order chi connectivity index (χ0) is 15.6. The number of carbonyl (C=O) groups is 2. The van der Waals surface area contributed by atoms with E-state index in [0.29, 0.717) is 24.4 Å². The van der Waals surface area contributed by atoms with Gasteiger partial charge in [-0.1, -0.05) is 23.7 Å². The van der Waals surface area contributed by atoms with Crippen molar-refractivity contribution in [1.82, 2.24) is 4.90 Å². The average Bonchev–Trinajstić information content (AvgIpc) is 2.37. The monoisotopic (exact) mass is 329 g/mol. The molecule has 1 aromatic carbocycles. The van der Waals surface area contributed by atoms with E-state index in [4.69, 9.17) is 23.2 Å². The molecule has 0 aliphatic carbocycles. The van der Waals surface area contributed by atoms with Gasteiger partial charge in [0.05, 0.1) is 0 Å². The van der Waals surface area contributed by atoms with Crippen molar-refractivity contribution in [3.05, 3.63) is 34.9 Å². The first-order valence-electron chi connectivity index (χ1n) is 6.78. The minimum Gasteiger partial charge on any atom is -0.465 e. The number of likely N-dealkylation sites (tertiary alicyclic amines) is 1. The summed E-state index contributed by atoms with van der Waals surface area (Å²) in [6, 6.07) is 7.20. The lowest BCUT2D eigenvalue weighted by Crippen LogP contribution is -2.50. The first-order valence-corrected chi connectivity index (χ1v) is 7.53. The van der Waals surface area contributed by atoms with Gasteiger partial charge in [0.1, 0.15) is 0 Å². The molecule has 1 amide bonds. The number of hydrogen-bond acceptors (Lipinski definition) is 2. The van der Waals surface area contributed by atoms with Crippen molar-refractivity contribution in [1.29, 1.82) is 0 Å². The van der Waals surface area contributed by atoms with E-state index in [-0.39, 0.29) is 12.5 Å². The molecular formula is C15H17Cl2NO3. The maximum Gasteiger partial charge on any atom is 0.407 e. The lowest BCUT2D eigenvalue weighted by Gasteiger charge is -2.44. The highest BCUT2D eigenvalue weighted by Gasteiger charge is 2.42. The van der Waals surface area contributed by atoms with Crippen LogP contribution in [0.15, 0.2) is 24.3 Å². The Morgan fingerprint density at radius 3 is 2.71 bits per heavy atom. The van der Waals surface area contributed by atoms with Gasteiger partial charge >= 0.3 is 6.09 Å². The SMILES string of the molecule is C[C@H]1CC(CC(=O)Cl)(c2cccc(Cl)c2)CCN1C(=O)O. The molecule has 2 atom stereocenters. The van der Waals surface area contributed by atoms with Crippen molar-refractivity contribution in [2.75, 3.05) is 6.54 Å². The van der Waals surface area contributed by atoms with Crippen molar-refractivity contribution in [2.24, 2.45) is 0 Å². The Kier molecular flexibility index (Phi) is 4.79. The Morgan fingerprint density at radius 1 is 1.48 bits per heavy atom. The molecule has 1 heterocycles. The fourth-order valence-electron chi connectivity index (χ4n) is 3.23. The largest absolute Gasteiger partial charge is 0.465 e. The van der Waals surface area contributed by atoms with Crippen LogP contribution in [0.5, 0.6) is 0 Å². The van der Waals surface area contributed by atoms with Gasteiger partial charge in [-0.25, -0.2) is 4.79 Å². The van der Waals surface area contributed by atoms with Gasteiger partial charge in [-0.3, -0.25) is 4.79 Å². The molecule has 21 heavy (non-hydrogen) atoms. The van der Waals surface area contributed by atoms with Crippen LogP contribution in [-0.2, 0) is 10.2 Å². The van der Waals surface area contributed by atoms with Gasteiger partial charge in [-0.15, -0.1) is 0 Å². The number of hydrogen-bond donors (Lipinski definition) is 1. The molecule has 1 aromatic rings. The van der Waals surface area contributed by atoms with Crippen LogP contribution < -0.4 is 0 Å². The molecule has 1 aliphatic rings. The standard InChI is InChI=1S/C15H17Cl2NO3/c1-10-8-15(9-13(17)19,5-6-18(10)14(20)21)11-3-2-4-12(16)7-11/h2-4,7,10H,5-6,8-9H2,1H3,(H,20,21)/t10-,15?/m0/s1. The Morgan fingerprint density at radius 2 is 2.19 bits per heavy atom. The topological polar surface area (TPSA) is 57.6 Å². The fraction of sp³-hybridized carbons (Fsp3) is 0.467. The van der Waals surface area contributed by atoms with Crippen LogP contribution in [0.4, 0.5) is 4.79 Å². The maximum absolute atomic E-state index is 11.5. The normalized spacial score (nSPS) is 25.7. The summed E-state index contributed by atoms with van der Waals surface area (Å²) in [5.74, 6) is 0. The van der Waals surface area contributed by atoms with Crippen molar-refractivity contribution in [3.8, 4) is 0 Å². The molecule has 0 bridgehead atoms. The molecule has 0 spiro atoms. The molecule has 0 saturated carbocycles. The van der Waals surface area contributed by atoms with Gasteiger partial charge in [-0.2, -0.15) is 0 Å². The van der Waals surface area contributed by atoms with E-state index in [1.807, 2.05) is 25.1 Å². The second kappa shape index (κ2) is 6.24. The zero-order valence-corrected chi connectivity index (χ0v) is 13.2. The van der Waals surface area contributed by atoms with E-state index >= 15 is 0 Å². The lowest BCUT2D eigenvalue weighted by atomic mass is 9.69. The van der Waals surface area contributed by atoms with E-state index < -0.39 is 16.8 Å². The highest BCUT2D eigenvalue weighted by molar-refractivity contribution is 6.63. The number of carboxylic acid groups (broad SMARTS) is 1. The van der Waals surface area contributed by atoms with Crippen LogP contribution in [0, 0.1) is 0 Å². The molecule has 1 fully saturated rings. The Balaban J connectivity index is 2.36. The number of amides is 1. The van der Waals surface area contributed by atoms with Crippen LogP contribution >= 0.6 is 23.2 Å². The first kappa shape index (κ1) is 16.1. The fourth-order valence-corrected chi connectivity index (χ4v) is 3.67. The Bertz CT molecular complexity index is 564. The predicted molar refractivity (Wildman–Crippen MR) is 82.0 cm³/mol. The minimum absolute atomic E-state index is 0.175. The molecule has 1 N–H and O–H groups in total. The number of piperidine rings is 1. The third-order valence-electron chi connectivity index (χ3n) is 4.21. The molecule has 1 aliphatic heterocycles. The van der Waals surface area contributed by atoms with Crippen LogP contribution in [-0.4, -0.2) is 33.9 Å². The molecule has 2 rings (SSSR count). The highest BCUT2D eigenvalue weighted by Crippen LogP contribution is 2.42. The average molecular weight is 330 g/mol. The van der Waals surface area contributed by atoms with Gasteiger partial charge in [0, 0.05) is 29.4 Å². The van der Waals surface area contributed by atoms with Crippen LogP contribution in [0.2, 0.25) is 5.02 Å². The van der Waals surface area contributed by atoms with Crippen molar-refractivity contribution >= 4 is 34.5 Å². The number of halogens is 2. The van der Waals surface area contributed by atoms with Gasteiger partial charge in [0.25, 0.3) is 0 Å². The number of benzene rings is 1. The summed E-state index contributed by atoms with van der Waals surface area (Å²) in [5, 5.41) is 9.38. The molecular weight excluding hydrogens is 313 g/mol. The second-order valence-corrected chi connectivity index (χ2v) is 6.46. The lowest BCUT2D eigenvalue weighted by molar-refractivity contribution is -0.113. The van der Waals surface area contributed by atoms with Gasteiger partial charge in [0.2, 0.25) is 5.24 Å². The molecule has 1 unspecified atom stereocenters. The number of rotatable bonds is 3. The third-order valence-corrected chi connectivity index (χ3v) is 4.58. The van der Waals surface area contributed by atoms with Crippen molar-refractivity contribution < 1.29 is 14.7 Å². The smallest absolute Gasteiger partial charge is 0.407 e. The highest BCUT2D eigenvalue weighted by atomic mass is 35.5. The Hall–Kier alpha value is -1.26. The number of nitrogens with zero attached hydrogens (tertiary/aromatic N) is 1. The quantitative estimate of drug-likeness (QED) is 0.855. The predicted octanol–water partition coefficient (Wildman–Crippen LogP) is 3.90. The minimum atomic E-state index is -0.931. The third kappa shape index (κ3) is 3.50. The Labute approximate surface area is 133 Å². The second-order valence-electron chi connectivity index (χ2n) is 5.60. The molecule has 6 heteroatoms. The summed E-state index contributed by atoms with van der Waals surface area (Å²) in [6.45, 7) is 2.23.